The number of likely N-dealkylation sites (tertiary alicyclic amines) is 1. The summed E-state index contributed by atoms with van der Waals surface area (Å²) in [6.07, 6.45) is 5.89. The van der Waals surface area contributed by atoms with Gasteiger partial charge in [0, 0.05) is 30.9 Å². The second kappa shape index (κ2) is 9.54. The topological polar surface area (TPSA) is 45.7 Å². The smallest absolute Gasteiger partial charge is 0.416 e. The number of pyridine rings is 1. The third-order valence-corrected chi connectivity index (χ3v) is 4.71. The molecule has 1 saturated heterocycles. The Hall–Kier alpha value is -1.62. The van der Waals surface area contributed by atoms with Crippen LogP contribution in [0.5, 0.6) is 0 Å². The van der Waals surface area contributed by atoms with Gasteiger partial charge in [-0.2, -0.15) is 0 Å². The van der Waals surface area contributed by atoms with Gasteiger partial charge in [0.25, 0.3) is 0 Å². The lowest BCUT2D eigenvalue weighted by atomic mass is 9.94. The fourth-order valence-corrected chi connectivity index (χ4v) is 3.75. The van der Waals surface area contributed by atoms with Crippen molar-refractivity contribution in [3.63, 3.8) is 0 Å². The third-order valence-electron chi connectivity index (χ3n) is 4.71. The summed E-state index contributed by atoms with van der Waals surface area (Å²) < 4.78 is 5.67. The maximum absolute atomic E-state index is 12.9. The Balaban J connectivity index is 2.37. The first-order valence-electron chi connectivity index (χ1n) is 10.4. The fourth-order valence-electron chi connectivity index (χ4n) is 3.75. The van der Waals surface area contributed by atoms with E-state index in [1.807, 2.05) is 26.8 Å². The number of hydrogen-bond acceptors (Lipinski definition) is 4. The molecule has 0 bridgehead atoms. The van der Waals surface area contributed by atoms with E-state index >= 15 is 0 Å². The highest BCUT2D eigenvalue weighted by molar-refractivity contribution is 5.87. The molecule has 0 spiro atoms. The molecule has 0 radical (unpaired) electrons. The molecule has 0 aromatic carbocycles. The predicted octanol–water partition coefficient (Wildman–Crippen LogP) is 5.42. The number of carbonyl (C=O) groups excluding carboxylic acids is 1. The minimum absolute atomic E-state index is 0.310. The van der Waals surface area contributed by atoms with Gasteiger partial charge in [0.2, 0.25) is 0 Å². The average molecular weight is 376 g/mol. The van der Waals surface area contributed by atoms with Crippen molar-refractivity contribution in [2.75, 3.05) is 24.5 Å². The number of rotatable bonds is 6. The van der Waals surface area contributed by atoms with Crippen molar-refractivity contribution >= 4 is 11.9 Å². The van der Waals surface area contributed by atoms with E-state index in [0.29, 0.717) is 18.5 Å². The summed E-state index contributed by atoms with van der Waals surface area (Å²) in [6, 6.07) is 4.44. The van der Waals surface area contributed by atoms with E-state index in [-0.39, 0.29) is 6.09 Å². The number of aromatic nitrogens is 1. The van der Waals surface area contributed by atoms with Crippen molar-refractivity contribution in [2.24, 2.45) is 5.92 Å². The monoisotopic (exact) mass is 375 g/mol. The van der Waals surface area contributed by atoms with Gasteiger partial charge in [-0.05, 0) is 58.6 Å². The van der Waals surface area contributed by atoms with Gasteiger partial charge >= 0.3 is 6.09 Å². The van der Waals surface area contributed by atoms with Crippen LogP contribution in [-0.4, -0.2) is 41.2 Å². The lowest BCUT2D eigenvalue weighted by Crippen LogP contribution is -2.40. The Kier molecular flexibility index (Phi) is 7.66. The molecule has 27 heavy (non-hydrogen) atoms. The first kappa shape index (κ1) is 21.7. The summed E-state index contributed by atoms with van der Waals surface area (Å²) in [7, 11) is 0. The van der Waals surface area contributed by atoms with Gasteiger partial charge in [0.15, 0.2) is 0 Å². The molecule has 2 rings (SSSR count). The molecule has 1 aliphatic heterocycles. The highest BCUT2D eigenvalue weighted by Gasteiger charge is 2.31. The molecule has 1 atom stereocenters. The van der Waals surface area contributed by atoms with Crippen LogP contribution in [0.15, 0.2) is 18.3 Å². The summed E-state index contributed by atoms with van der Waals surface area (Å²) in [5, 5.41) is 0. The maximum atomic E-state index is 12.9. The van der Waals surface area contributed by atoms with Crippen LogP contribution < -0.4 is 4.90 Å². The van der Waals surface area contributed by atoms with Crippen molar-refractivity contribution in [1.82, 2.24) is 9.88 Å². The molecular weight excluding hydrogens is 338 g/mol. The number of carbonyl (C=O) groups is 1. The number of anilines is 1. The van der Waals surface area contributed by atoms with Crippen LogP contribution >= 0.6 is 0 Å². The van der Waals surface area contributed by atoms with Crippen molar-refractivity contribution in [3.05, 3.63) is 23.9 Å². The van der Waals surface area contributed by atoms with Crippen LogP contribution in [0.3, 0.4) is 0 Å². The summed E-state index contributed by atoms with van der Waals surface area (Å²) in [6.45, 7) is 15.1. The van der Waals surface area contributed by atoms with Crippen molar-refractivity contribution < 1.29 is 9.53 Å². The normalized spacial score (nSPS) is 18.6. The molecule has 1 aromatic rings. The second-order valence-electron chi connectivity index (χ2n) is 8.95. The highest BCUT2D eigenvalue weighted by atomic mass is 16.6. The number of piperidine rings is 1. The number of amides is 1. The van der Waals surface area contributed by atoms with Gasteiger partial charge in [-0.1, -0.05) is 33.3 Å². The van der Waals surface area contributed by atoms with E-state index in [4.69, 9.17) is 4.74 Å². The van der Waals surface area contributed by atoms with Gasteiger partial charge in [-0.25, -0.2) is 9.78 Å². The Morgan fingerprint density at radius 3 is 2.74 bits per heavy atom. The Labute approximate surface area is 165 Å². The van der Waals surface area contributed by atoms with Crippen molar-refractivity contribution in [1.29, 1.82) is 0 Å². The van der Waals surface area contributed by atoms with Crippen LogP contribution in [0.2, 0.25) is 0 Å². The van der Waals surface area contributed by atoms with Crippen LogP contribution in [0, 0.1) is 5.92 Å². The van der Waals surface area contributed by atoms with E-state index in [1.54, 1.807) is 11.1 Å². The minimum Gasteiger partial charge on any atom is -0.443 e. The zero-order valence-corrected chi connectivity index (χ0v) is 18.0. The Morgan fingerprint density at radius 2 is 2.11 bits per heavy atom. The molecule has 5 heteroatoms. The lowest BCUT2D eigenvalue weighted by molar-refractivity contribution is 0.0577. The fraction of sp³-hybridized carbons (Fsp3) is 0.727. The molecule has 2 heterocycles. The zero-order valence-electron chi connectivity index (χ0n) is 18.0. The second-order valence-corrected chi connectivity index (χ2v) is 8.95. The van der Waals surface area contributed by atoms with Gasteiger partial charge in [0.1, 0.15) is 11.4 Å². The van der Waals surface area contributed by atoms with E-state index in [2.05, 4.69) is 36.7 Å². The predicted molar refractivity (Wildman–Crippen MR) is 111 cm³/mol. The van der Waals surface area contributed by atoms with Crippen LogP contribution in [-0.2, 0) is 4.74 Å². The quantitative estimate of drug-likeness (QED) is 0.666. The molecule has 5 nitrogen and oxygen atoms in total. The zero-order chi connectivity index (χ0) is 20.0. The van der Waals surface area contributed by atoms with E-state index in [0.717, 1.165) is 37.3 Å². The Bertz CT molecular complexity index is 610. The average Bonchev–Trinajstić information content (AvgIpc) is 2.58. The largest absolute Gasteiger partial charge is 0.443 e. The number of ether oxygens (including phenoxy) is 1. The van der Waals surface area contributed by atoms with Gasteiger partial charge < -0.3 is 4.74 Å². The molecule has 152 valence electrons. The van der Waals surface area contributed by atoms with Crippen LogP contribution in [0.25, 0.3) is 0 Å². The van der Waals surface area contributed by atoms with Crippen molar-refractivity contribution in [2.45, 2.75) is 78.9 Å². The van der Waals surface area contributed by atoms with Gasteiger partial charge in [0.05, 0.1) is 0 Å². The van der Waals surface area contributed by atoms with Crippen molar-refractivity contribution in [3.8, 4) is 0 Å². The molecule has 0 N–H and O–H groups in total. The molecule has 0 aliphatic carbocycles. The third kappa shape index (κ3) is 6.20. The minimum atomic E-state index is -0.521. The van der Waals surface area contributed by atoms with Crippen LogP contribution in [0.4, 0.5) is 10.6 Å². The number of hydrogen-bond donors (Lipinski definition) is 0. The molecule has 1 fully saturated rings. The lowest BCUT2D eigenvalue weighted by Gasteiger charge is -2.38. The standard InChI is InChI=1S/C22H37N3O2/c1-7-14-25(21(26)27-22(4,5)6)20-18(11-10-13-23-20)19-12-8-9-15-24(19)16-17(2)3/h10-11,13,17,19H,7-9,12,14-16H2,1-6H3/t19-/m1/s1. The van der Waals surface area contributed by atoms with Gasteiger partial charge in [-0.3, -0.25) is 9.80 Å². The summed E-state index contributed by atoms with van der Waals surface area (Å²) in [5.74, 6) is 1.37. The highest BCUT2D eigenvalue weighted by Crippen LogP contribution is 2.36. The number of nitrogens with zero attached hydrogens (tertiary/aromatic N) is 3. The molecule has 1 aliphatic rings. The van der Waals surface area contributed by atoms with Crippen LogP contribution in [0.1, 0.15) is 78.8 Å². The molecule has 1 amide bonds. The molecule has 0 unspecified atom stereocenters. The van der Waals surface area contributed by atoms with E-state index in [1.165, 1.54) is 12.8 Å². The van der Waals surface area contributed by atoms with E-state index in [9.17, 15) is 4.79 Å². The first-order valence-corrected chi connectivity index (χ1v) is 10.4. The Morgan fingerprint density at radius 1 is 1.37 bits per heavy atom. The summed E-state index contributed by atoms with van der Waals surface area (Å²) in [4.78, 5) is 21.8. The molecule has 0 saturated carbocycles. The summed E-state index contributed by atoms with van der Waals surface area (Å²) in [5.41, 5.74) is 0.629. The van der Waals surface area contributed by atoms with Gasteiger partial charge in [-0.15, -0.1) is 0 Å². The molecular formula is C22H37N3O2. The SMILES string of the molecule is CCCN(C(=O)OC(C)(C)C)c1ncccc1[C@H]1CCCCN1CC(C)C. The maximum Gasteiger partial charge on any atom is 0.416 e. The summed E-state index contributed by atoms with van der Waals surface area (Å²) >= 11 is 0. The first-order chi connectivity index (χ1) is 12.7. The van der Waals surface area contributed by atoms with E-state index < -0.39 is 5.60 Å². The molecule has 1 aromatic heterocycles.